The standard InChI is InChI=1S/C21H21FN6.2ClH/c1-12-10-28-11-16(9-19(28)13(2)24-12)15-7-17(22)20-18(8-15)26-27-21(25-20)14-3-5-23-6-4-14;;/h7-11,14,23H,3-6H2,1-2H3;2*1H. The molecule has 1 aliphatic heterocycles. The van der Waals surface area contributed by atoms with E-state index in [1.54, 1.807) is 0 Å². The van der Waals surface area contributed by atoms with E-state index in [1.165, 1.54) is 6.07 Å². The second kappa shape index (κ2) is 8.79. The van der Waals surface area contributed by atoms with Crippen LogP contribution in [-0.4, -0.2) is 37.7 Å². The molecular formula is C21H23Cl2FN6. The third kappa shape index (κ3) is 3.97. The van der Waals surface area contributed by atoms with Crippen molar-refractivity contribution in [2.24, 2.45) is 0 Å². The van der Waals surface area contributed by atoms with Crippen molar-refractivity contribution in [1.82, 2.24) is 29.9 Å². The van der Waals surface area contributed by atoms with Crippen LogP contribution < -0.4 is 5.32 Å². The van der Waals surface area contributed by atoms with E-state index in [1.807, 2.05) is 42.8 Å². The van der Waals surface area contributed by atoms with Crippen molar-refractivity contribution >= 4 is 41.4 Å². The molecule has 0 amide bonds. The van der Waals surface area contributed by atoms with E-state index in [9.17, 15) is 4.39 Å². The van der Waals surface area contributed by atoms with Gasteiger partial charge in [-0.25, -0.2) is 9.37 Å². The predicted molar refractivity (Wildman–Crippen MR) is 120 cm³/mol. The van der Waals surface area contributed by atoms with E-state index in [0.29, 0.717) is 16.9 Å². The molecule has 0 saturated carbocycles. The lowest BCUT2D eigenvalue weighted by Crippen LogP contribution is -2.27. The molecule has 1 aliphatic rings. The molecule has 1 saturated heterocycles. The molecule has 4 heterocycles. The summed E-state index contributed by atoms with van der Waals surface area (Å²) in [4.78, 5) is 9.01. The zero-order chi connectivity index (χ0) is 19.3. The van der Waals surface area contributed by atoms with Gasteiger partial charge in [-0.3, -0.25) is 4.98 Å². The van der Waals surface area contributed by atoms with Crippen molar-refractivity contribution in [2.75, 3.05) is 13.1 Å². The summed E-state index contributed by atoms with van der Waals surface area (Å²) in [6.07, 6.45) is 5.87. The Hall–Kier alpha value is -2.35. The van der Waals surface area contributed by atoms with Crippen molar-refractivity contribution < 1.29 is 4.39 Å². The molecule has 4 aromatic rings. The first kappa shape index (κ1) is 22.3. The van der Waals surface area contributed by atoms with Crippen LogP contribution in [0, 0.1) is 19.7 Å². The summed E-state index contributed by atoms with van der Waals surface area (Å²) < 4.78 is 16.9. The van der Waals surface area contributed by atoms with Gasteiger partial charge in [-0.1, -0.05) is 0 Å². The quantitative estimate of drug-likeness (QED) is 0.491. The number of benzene rings is 1. The molecule has 9 heteroatoms. The number of rotatable bonds is 2. The third-order valence-electron chi connectivity index (χ3n) is 5.46. The van der Waals surface area contributed by atoms with Gasteiger partial charge in [0.1, 0.15) is 11.0 Å². The van der Waals surface area contributed by atoms with Gasteiger partial charge in [0.15, 0.2) is 11.6 Å². The Labute approximate surface area is 186 Å². The van der Waals surface area contributed by atoms with Crippen LogP contribution in [0.5, 0.6) is 0 Å². The molecule has 0 atom stereocenters. The van der Waals surface area contributed by atoms with Crippen LogP contribution in [0.1, 0.15) is 36.0 Å². The highest BCUT2D eigenvalue weighted by Gasteiger charge is 2.20. The maximum atomic E-state index is 14.9. The molecule has 1 N–H and O–H groups in total. The first-order valence-electron chi connectivity index (χ1n) is 9.59. The van der Waals surface area contributed by atoms with Crippen LogP contribution in [0.25, 0.3) is 27.7 Å². The molecule has 0 spiro atoms. The van der Waals surface area contributed by atoms with Gasteiger partial charge >= 0.3 is 0 Å². The minimum atomic E-state index is -0.362. The smallest absolute Gasteiger partial charge is 0.154 e. The molecule has 6 nitrogen and oxygen atoms in total. The Morgan fingerprint density at radius 3 is 2.50 bits per heavy atom. The lowest BCUT2D eigenvalue weighted by atomic mass is 9.97. The lowest BCUT2D eigenvalue weighted by Gasteiger charge is -2.20. The van der Waals surface area contributed by atoms with Crippen LogP contribution in [0.3, 0.4) is 0 Å². The Morgan fingerprint density at radius 2 is 1.73 bits per heavy atom. The minimum Gasteiger partial charge on any atom is -0.320 e. The number of halogens is 3. The Balaban J connectivity index is 0.00000128. The van der Waals surface area contributed by atoms with Crippen LogP contribution in [0.4, 0.5) is 4.39 Å². The maximum absolute atomic E-state index is 14.9. The summed E-state index contributed by atoms with van der Waals surface area (Å²) in [5, 5.41) is 11.9. The highest BCUT2D eigenvalue weighted by atomic mass is 35.5. The first-order chi connectivity index (χ1) is 13.6. The highest BCUT2D eigenvalue weighted by molar-refractivity contribution is 5.85. The van der Waals surface area contributed by atoms with E-state index >= 15 is 0 Å². The number of fused-ring (bicyclic) bond motifs is 2. The summed E-state index contributed by atoms with van der Waals surface area (Å²) in [7, 11) is 0. The topological polar surface area (TPSA) is 68.0 Å². The van der Waals surface area contributed by atoms with Crippen LogP contribution in [-0.2, 0) is 0 Å². The molecular weight excluding hydrogens is 426 g/mol. The Morgan fingerprint density at radius 1 is 0.967 bits per heavy atom. The first-order valence-corrected chi connectivity index (χ1v) is 9.59. The van der Waals surface area contributed by atoms with Crippen molar-refractivity contribution in [3.63, 3.8) is 0 Å². The number of hydrogen-bond acceptors (Lipinski definition) is 5. The third-order valence-corrected chi connectivity index (χ3v) is 5.46. The summed E-state index contributed by atoms with van der Waals surface area (Å²) in [5.41, 5.74) is 5.35. The number of hydrogen-bond donors (Lipinski definition) is 1. The zero-order valence-corrected chi connectivity index (χ0v) is 18.4. The highest BCUT2D eigenvalue weighted by Crippen LogP contribution is 2.29. The fraction of sp³-hybridized carbons (Fsp3) is 0.333. The SMILES string of the molecule is Cc1cn2cc(-c3cc(F)c4nc(C5CCNCC5)nnc4c3)cc2c(C)n1.Cl.Cl. The van der Waals surface area contributed by atoms with E-state index in [0.717, 1.165) is 54.0 Å². The summed E-state index contributed by atoms with van der Waals surface area (Å²) >= 11 is 0. The predicted octanol–water partition coefficient (Wildman–Crippen LogP) is 4.41. The Bertz CT molecular complexity index is 1200. The van der Waals surface area contributed by atoms with E-state index in [-0.39, 0.29) is 36.5 Å². The molecule has 3 aromatic heterocycles. The van der Waals surface area contributed by atoms with Crippen molar-refractivity contribution in [3.8, 4) is 11.1 Å². The van der Waals surface area contributed by atoms with Crippen LogP contribution >= 0.6 is 24.8 Å². The zero-order valence-electron chi connectivity index (χ0n) is 16.7. The van der Waals surface area contributed by atoms with Gasteiger partial charge in [0, 0.05) is 23.9 Å². The number of nitrogens with one attached hydrogen (secondary N) is 1. The largest absolute Gasteiger partial charge is 0.320 e. The molecule has 1 aromatic carbocycles. The second-order valence-corrected chi connectivity index (χ2v) is 7.51. The number of aromatic nitrogens is 5. The maximum Gasteiger partial charge on any atom is 0.154 e. The van der Waals surface area contributed by atoms with Gasteiger partial charge in [-0.05, 0) is 63.5 Å². The molecule has 0 radical (unpaired) electrons. The molecule has 158 valence electrons. The molecule has 0 aliphatic carbocycles. The van der Waals surface area contributed by atoms with Gasteiger partial charge in [0.25, 0.3) is 0 Å². The van der Waals surface area contributed by atoms with Crippen LogP contribution in [0.2, 0.25) is 0 Å². The molecule has 0 unspecified atom stereocenters. The van der Waals surface area contributed by atoms with Gasteiger partial charge < -0.3 is 9.72 Å². The van der Waals surface area contributed by atoms with Gasteiger partial charge in [-0.15, -0.1) is 35.0 Å². The molecule has 5 rings (SSSR count). The number of piperidine rings is 1. The van der Waals surface area contributed by atoms with E-state index in [4.69, 9.17) is 0 Å². The van der Waals surface area contributed by atoms with Crippen molar-refractivity contribution in [2.45, 2.75) is 32.6 Å². The summed E-state index contributed by atoms with van der Waals surface area (Å²) in [6, 6.07) is 5.41. The minimum absolute atomic E-state index is 0. The van der Waals surface area contributed by atoms with Gasteiger partial charge in [0.2, 0.25) is 0 Å². The number of aryl methyl sites for hydroxylation is 2. The van der Waals surface area contributed by atoms with E-state index in [2.05, 4.69) is 25.5 Å². The van der Waals surface area contributed by atoms with Gasteiger partial charge in [0.05, 0.1) is 16.9 Å². The number of nitrogens with zero attached hydrogens (tertiary/aromatic N) is 5. The fourth-order valence-electron chi connectivity index (χ4n) is 4.02. The van der Waals surface area contributed by atoms with Crippen molar-refractivity contribution in [3.05, 3.63) is 53.6 Å². The molecule has 30 heavy (non-hydrogen) atoms. The van der Waals surface area contributed by atoms with Crippen molar-refractivity contribution in [1.29, 1.82) is 0 Å². The van der Waals surface area contributed by atoms with E-state index < -0.39 is 0 Å². The second-order valence-electron chi connectivity index (χ2n) is 7.51. The average molecular weight is 449 g/mol. The molecule has 0 bridgehead atoms. The normalized spacial score (nSPS) is 14.5. The monoisotopic (exact) mass is 448 g/mol. The van der Waals surface area contributed by atoms with Gasteiger partial charge in [-0.2, -0.15) is 0 Å². The fourth-order valence-corrected chi connectivity index (χ4v) is 4.02. The lowest BCUT2D eigenvalue weighted by molar-refractivity contribution is 0.442. The molecule has 1 fully saturated rings. The Kier molecular flexibility index (Phi) is 6.55. The average Bonchev–Trinajstić information content (AvgIpc) is 3.13. The van der Waals surface area contributed by atoms with Crippen LogP contribution in [0.15, 0.2) is 30.6 Å². The summed E-state index contributed by atoms with van der Waals surface area (Å²) in [6.45, 7) is 5.81. The summed E-state index contributed by atoms with van der Waals surface area (Å²) in [5.74, 6) is 0.527.